The smallest absolute Gasteiger partial charge is 0.248 e. The molecule has 0 amide bonds. The Bertz CT molecular complexity index is 735. The Morgan fingerprint density at radius 2 is 1.37 bits per heavy atom. The van der Waals surface area contributed by atoms with Gasteiger partial charge >= 0.3 is 0 Å². The number of unbranched alkanes of at least 4 members (excludes halogenated alkanes) is 13. The number of fused-ring (bicyclic) bond motifs is 1. The van der Waals surface area contributed by atoms with Crippen LogP contribution in [-0.4, -0.2) is 20.9 Å². The van der Waals surface area contributed by atoms with Gasteiger partial charge in [0.05, 0.1) is 5.52 Å². The minimum Gasteiger partial charge on any atom is -0.273 e. The van der Waals surface area contributed by atoms with Gasteiger partial charge in [-0.15, -0.1) is 5.10 Å². The number of hydrogen-bond acceptors (Lipinski definition) is 3. The highest BCUT2D eigenvalue weighted by Gasteiger charge is 2.10. The van der Waals surface area contributed by atoms with Crippen molar-refractivity contribution < 1.29 is 4.79 Å². The van der Waals surface area contributed by atoms with E-state index in [1.807, 2.05) is 24.3 Å². The Hall–Kier alpha value is -1.97. The van der Waals surface area contributed by atoms with Crippen LogP contribution in [-0.2, 0) is 0 Å². The number of benzene rings is 1. The van der Waals surface area contributed by atoms with E-state index in [2.05, 4.69) is 29.4 Å². The molecule has 0 N–H and O–H groups in total. The number of hydrogen-bond donors (Lipinski definition) is 0. The molecule has 166 valence electrons. The third-order valence-electron chi connectivity index (χ3n) is 5.75. The van der Waals surface area contributed by atoms with E-state index in [-0.39, 0.29) is 5.91 Å². The summed E-state index contributed by atoms with van der Waals surface area (Å²) < 4.78 is 1.46. The zero-order chi connectivity index (χ0) is 21.3. The zero-order valence-electron chi connectivity index (χ0n) is 19.0. The quantitative estimate of drug-likeness (QED) is 0.196. The molecule has 0 bridgehead atoms. The molecule has 0 aliphatic heterocycles. The molecule has 1 heterocycles. The fourth-order valence-electron chi connectivity index (χ4n) is 3.93. The lowest BCUT2D eigenvalue weighted by Gasteiger charge is -2.04. The van der Waals surface area contributed by atoms with E-state index in [0.29, 0.717) is 6.42 Å². The van der Waals surface area contributed by atoms with Gasteiger partial charge in [-0.3, -0.25) is 4.79 Å². The van der Waals surface area contributed by atoms with Crippen LogP contribution in [0.2, 0.25) is 0 Å². The van der Waals surface area contributed by atoms with E-state index in [1.165, 1.54) is 88.2 Å². The summed E-state index contributed by atoms with van der Waals surface area (Å²) in [5.74, 6) is 0.0566. The molecule has 2 aromatic rings. The van der Waals surface area contributed by atoms with Crippen molar-refractivity contribution in [1.82, 2.24) is 15.0 Å². The van der Waals surface area contributed by atoms with Crippen LogP contribution in [0.5, 0.6) is 0 Å². The summed E-state index contributed by atoms with van der Waals surface area (Å²) in [4.78, 5) is 12.3. The molecule has 0 radical (unpaired) electrons. The average Bonchev–Trinajstić information content (AvgIpc) is 3.20. The molecule has 0 atom stereocenters. The van der Waals surface area contributed by atoms with Crippen molar-refractivity contribution in [2.45, 2.75) is 110 Å². The van der Waals surface area contributed by atoms with E-state index in [9.17, 15) is 4.79 Å². The average molecular weight is 412 g/mol. The first-order valence-corrected chi connectivity index (χ1v) is 12.3. The molecule has 30 heavy (non-hydrogen) atoms. The van der Waals surface area contributed by atoms with Crippen LogP contribution >= 0.6 is 0 Å². The van der Waals surface area contributed by atoms with Crippen molar-refractivity contribution in [3.8, 4) is 0 Å². The summed E-state index contributed by atoms with van der Waals surface area (Å²) in [6, 6.07) is 7.63. The van der Waals surface area contributed by atoms with E-state index >= 15 is 0 Å². The molecule has 1 aromatic heterocycles. The second kappa shape index (κ2) is 15.8. The highest BCUT2D eigenvalue weighted by molar-refractivity contribution is 5.88. The largest absolute Gasteiger partial charge is 0.273 e. The summed E-state index contributed by atoms with van der Waals surface area (Å²) >= 11 is 0. The molecule has 0 fully saturated rings. The Morgan fingerprint density at radius 1 is 0.800 bits per heavy atom. The predicted molar refractivity (Wildman–Crippen MR) is 127 cm³/mol. The maximum atomic E-state index is 12.3. The minimum atomic E-state index is 0.0566. The predicted octanol–water partition coefficient (Wildman–Crippen LogP) is 7.89. The molecule has 0 aliphatic rings. The molecule has 0 spiro atoms. The second-order valence-corrected chi connectivity index (χ2v) is 8.40. The van der Waals surface area contributed by atoms with Crippen molar-refractivity contribution >= 4 is 16.9 Å². The zero-order valence-corrected chi connectivity index (χ0v) is 19.0. The lowest BCUT2D eigenvalue weighted by Crippen LogP contribution is -2.12. The monoisotopic (exact) mass is 411 g/mol. The molecule has 2 rings (SSSR count). The Morgan fingerprint density at radius 3 is 2.00 bits per heavy atom. The van der Waals surface area contributed by atoms with Gasteiger partial charge in [-0.2, -0.15) is 4.68 Å². The standard InChI is InChI=1S/C26H41N3O/c1-2-3-4-5-6-7-8-9-10-11-12-13-14-15-16-17-18-23-26(30)29-25-22-20-19-21-24(25)27-28-29/h3-4,19-22H,2,5-18,23H2,1H3/b4-3+. The van der Waals surface area contributed by atoms with Gasteiger partial charge in [-0.25, -0.2) is 0 Å². The lowest BCUT2D eigenvalue weighted by molar-refractivity contribution is 0.0886. The molecule has 0 unspecified atom stereocenters. The maximum Gasteiger partial charge on any atom is 0.248 e. The Kier molecular flexibility index (Phi) is 12.8. The molecule has 0 saturated carbocycles. The normalized spacial score (nSPS) is 11.6. The second-order valence-electron chi connectivity index (χ2n) is 8.40. The highest BCUT2D eigenvalue weighted by atomic mass is 16.2. The van der Waals surface area contributed by atoms with Crippen molar-refractivity contribution in [2.75, 3.05) is 0 Å². The van der Waals surface area contributed by atoms with Crippen LogP contribution in [0.4, 0.5) is 0 Å². The first-order chi connectivity index (χ1) is 14.8. The number of carbonyl (C=O) groups excluding carboxylic acids is 1. The van der Waals surface area contributed by atoms with Gasteiger partial charge in [0.25, 0.3) is 0 Å². The highest BCUT2D eigenvalue weighted by Crippen LogP contribution is 2.15. The summed E-state index contributed by atoms with van der Waals surface area (Å²) in [6.45, 7) is 2.20. The van der Waals surface area contributed by atoms with Gasteiger partial charge in [-0.1, -0.05) is 107 Å². The van der Waals surface area contributed by atoms with Crippen molar-refractivity contribution in [1.29, 1.82) is 0 Å². The van der Waals surface area contributed by atoms with Gasteiger partial charge in [0, 0.05) is 6.42 Å². The van der Waals surface area contributed by atoms with Crippen LogP contribution in [0, 0.1) is 0 Å². The fourth-order valence-corrected chi connectivity index (χ4v) is 3.93. The number of carbonyl (C=O) groups is 1. The van der Waals surface area contributed by atoms with Crippen molar-refractivity contribution in [2.24, 2.45) is 0 Å². The minimum absolute atomic E-state index is 0.0566. The van der Waals surface area contributed by atoms with E-state index < -0.39 is 0 Å². The van der Waals surface area contributed by atoms with E-state index in [0.717, 1.165) is 23.9 Å². The third kappa shape index (κ3) is 9.69. The summed E-state index contributed by atoms with van der Waals surface area (Å²) in [5.41, 5.74) is 1.59. The summed E-state index contributed by atoms with van der Waals surface area (Å²) in [6.07, 6.45) is 24.7. The molecule has 4 nitrogen and oxygen atoms in total. The first-order valence-electron chi connectivity index (χ1n) is 12.3. The number of aromatic nitrogens is 3. The van der Waals surface area contributed by atoms with Gasteiger partial charge in [0.1, 0.15) is 5.52 Å². The fraction of sp³-hybridized carbons (Fsp3) is 0.654. The Labute approximate surface area is 183 Å². The van der Waals surface area contributed by atoms with Gasteiger partial charge in [0.2, 0.25) is 5.91 Å². The van der Waals surface area contributed by atoms with Crippen molar-refractivity contribution in [3.05, 3.63) is 36.4 Å². The molecule has 4 heteroatoms. The number of para-hydroxylation sites is 1. The molecular weight excluding hydrogens is 370 g/mol. The summed E-state index contributed by atoms with van der Waals surface area (Å²) in [5, 5.41) is 8.06. The van der Waals surface area contributed by atoms with Crippen LogP contribution < -0.4 is 0 Å². The topological polar surface area (TPSA) is 47.8 Å². The molecule has 1 aromatic carbocycles. The third-order valence-corrected chi connectivity index (χ3v) is 5.75. The molecule has 0 aliphatic carbocycles. The van der Waals surface area contributed by atoms with Crippen LogP contribution in [0.1, 0.15) is 114 Å². The van der Waals surface area contributed by atoms with Gasteiger partial charge in [0.15, 0.2) is 0 Å². The Balaban J connectivity index is 1.36. The van der Waals surface area contributed by atoms with Crippen LogP contribution in [0.15, 0.2) is 36.4 Å². The number of rotatable bonds is 17. The van der Waals surface area contributed by atoms with Gasteiger partial charge < -0.3 is 0 Å². The maximum absolute atomic E-state index is 12.3. The van der Waals surface area contributed by atoms with Crippen LogP contribution in [0.25, 0.3) is 11.0 Å². The summed E-state index contributed by atoms with van der Waals surface area (Å²) in [7, 11) is 0. The van der Waals surface area contributed by atoms with E-state index in [1.54, 1.807) is 0 Å². The number of allylic oxidation sites excluding steroid dienone is 2. The van der Waals surface area contributed by atoms with E-state index in [4.69, 9.17) is 0 Å². The SMILES string of the molecule is CC/C=C/CCCCCCCCCCCCCCCC(=O)n1nnc2ccccc21. The van der Waals surface area contributed by atoms with Crippen molar-refractivity contribution in [3.63, 3.8) is 0 Å². The lowest BCUT2D eigenvalue weighted by atomic mass is 10.0. The first kappa shape index (κ1) is 24.3. The van der Waals surface area contributed by atoms with Gasteiger partial charge in [-0.05, 0) is 37.8 Å². The molecule has 0 saturated heterocycles. The number of nitrogens with zero attached hydrogens (tertiary/aromatic N) is 3. The van der Waals surface area contributed by atoms with Crippen LogP contribution in [0.3, 0.4) is 0 Å². The molecular formula is C26H41N3O.